The number of carbonyl (C=O) groups is 1. The summed E-state index contributed by atoms with van der Waals surface area (Å²) in [7, 11) is 1.33. The molecule has 0 aliphatic heterocycles. The molecule has 2 aromatic carbocycles. The summed E-state index contributed by atoms with van der Waals surface area (Å²) in [6.45, 7) is 0. The summed E-state index contributed by atoms with van der Waals surface area (Å²) < 4.78 is 4.64. The number of hydrogen-bond acceptors (Lipinski definition) is 5. The van der Waals surface area contributed by atoms with Gasteiger partial charge in [0.05, 0.1) is 24.3 Å². The maximum absolute atomic E-state index is 11.4. The Balaban J connectivity index is 2.21. The van der Waals surface area contributed by atoms with E-state index in [1.165, 1.54) is 18.9 Å². The van der Waals surface area contributed by atoms with Crippen LogP contribution in [-0.4, -0.2) is 13.1 Å². The number of rotatable bonds is 3. The first-order chi connectivity index (χ1) is 9.63. The van der Waals surface area contributed by atoms with Gasteiger partial charge < -0.3 is 10.5 Å². The van der Waals surface area contributed by atoms with E-state index in [1.807, 2.05) is 12.1 Å². The number of ether oxygens (including phenoxy) is 1. The lowest BCUT2D eigenvalue weighted by Crippen LogP contribution is -2.02. The molecule has 0 saturated heterocycles. The summed E-state index contributed by atoms with van der Waals surface area (Å²) in [4.78, 5) is 13.2. The van der Waals surface area contributed by atoms with Crippen molar-refractivity contribution in [3.63, 3.8) is 0 Å². The van der Waals surface area contributed by atoms with Crippen molar-refractivity contribution < 1.29 is 9.53 Å². The fourth-order valence-corrected chi connectivity index (χ4v) is 2.45. The van der Waals surface area contributed by atoms with Gasteiger partial charge in [0.2, 0.25) is 0 Å². The molecule has 0 aliphatic carbocycles. The normalized spacial score (nSPS) is 9.80. The molecule has 5 heteroatoms. The van der Waals surface area contributed by atoms with Gasteiger partial charge in [0.1, 0.15) is 0 Å². The number of nitrogens with zero attached hydrogens (tertiary/aromatic N) is 1. The monoisotopic (exact) mass is 284 g/mol. The standard InChI is InChI=1S/C15H12N2O2S/c1-19-15(18)11-4-7-14(13(17)8-11)20-12-5-2-10(9-16)3-6-12/h2-8H,17H2,1H3. The number of esters is 1. The van der Waals surface area contributed by atoms with Crippen LogP contribution in [0.4, 0.5) is 5.69 Å². The van der Waals surface area contributed by atoms with E-state index in [-0.39, 0.29) is 0 Å². The quantitative estimate of drug-likeness (QED) is 0.692. The third-order valence-electron chi connectivity index (χ3n) is 2.64. The Bertz CT molecular complexity index is 675. The van der Waals surface area contributed by atoms with Gasteiger partial charge in [-0.25, -0.2) is 4.79 Å². The molecule has 100 valence electrons. The van der Waals surface area contributed by atoms with Crippen molar-refractivity contribution in [1.82, 2.24) is 0 Å². The number of hydrogen-bond donors (Lipinski definition) is 1. The van der Waals surface area contributed by atoms with E-state index in [0.717, 1.165) is 9.79 Å². The van der Waals surface area contributed by atoms with E-state index in [2.05, 4.69) is 10.8 Å². The summed E-state index contributed by atoms with van der Waals surface area (Å²) in [6, 6.07) is 14.3. The van der Waals surface area contributed by atoms with Crippen molar-refractivity contribution in [1.29, 1.82) is 5.26 Å². The second-order valence-corrected chi connectivity index (χ2v) is 5.10. The maximum Gasteiger partial charge on any atom is 0.337 e. The van der Waals surface area contributed by atoms with Crippen LogP contribution in [0.15, 0.2) is 52.3 Å². The van der Waals surface area contributed by atoms with Gasteiger partial charge in [-0.3, -0.25) is 0 Å². The molecule has 0 atom stereocenters. The average Bonchev–Trinajstić information content (AvgIpc) is 2.49. The molecule has 0 aromatic heterocycles. The molecule has 0 fully saturated rings. The Morgan fingerprint density at radius 2 is 1.95 bits per heavy atom. The van der Waals surface area contributed by atoms with Crippen molar-refractivity contribution in [3.8, 4) is 6.07 Å². The number of anilines is 1. The second kappa shape index (κ2) is 6.13. The molecule has 2 rings (SSSR count). The van der Waals surface area contributed by atoms with Gasteiger partial charge >= 0.3 is 5.97 Å². The minimum atomic E-state index is -0.411. The van der Waals surface area contributed by atoms with Gasteiger partial charge in [0.25, 0.3) is 0 Å². The summed E-state index contributed by atoms with van der Waals surface area (Å²) in [5, 5.41) is 8.75. The Morgan fingerprint density at radius 1 is 1.25 bits per heavy atom. The van der Waals surface area contributed by atoms with Crippen molar-refractivity contribution in [2.45, 2.75) is 9.79 Å². The van der Waals surface area contributed by atoms with Crippen LogP contribution in [0, 0.1) is 11.3 Å². The molecule has 20 heavy (non-hydrogen) atoms. The van der Waals surface area contributed by atoms with Crippen molar-refractivity contribution in [2.75, 3.05) is 12.8 Å². The first-order valence-electron chi connectivity index (χ1n) is 5.80. The Morgan fingerprint density at radius 3 is 2.50 bits per heavy atom. The van der Waals surface area contributed by atoms with Crippen LogP contribution in [0.5, 0.6) is 0 Å². The van der Waals surface area contributed by atoms with Crippen LogP contribution < -0.4 is 5.73 Å². The Kier molecular flexibility index (Phi) is 4.28. The van der Waals surface area contributed by atoms with Crippen LogP contribution in [0.1, 0.15) is 15.9 Å². The molecule has 0 radical (unpaired) electrons. The van der Waals surface area contributed by atoms with Crippen LogP contribution in [0.3, 0.4) is 0 Å². The number of nitrogens with two attached hydrogens (primary N) is 1. The molecular weight excluding hydrogens is 272 g/mol. The number of nitrogen functional groups attached to an aromatic ring is 1. The molecule has 4 nitrogen and oxygen atoms in total. The lowest BCUT2D eigenvalue weighted by molar-refractivity contribution is 0.0600. The van der Waals surface area contributed by atoms with Gasteiger partial charge in [-0.15, -0.1) is 0 Å². The molecule has 0 saturated carbocycles. The van der Waals surface area contributed by atoms with E-state index in [9.17, 15) is 4.79 Å². The summed E-state index contributed by atoms with van der Waals surface area (Å²) >= 11 is 1.47. The Hall–Kier alpha value is -2.45. The minimum absolute atomic E-state index is 0.411. The minimum Gasteiger partial charge on any atom is -0.465 e. The fourth-order valence-electron chi connectivity index (χ4n) is 1.61. The van der Waals surface area contributed by atoms with Gasteiger partial charge in [0, 0.05) is 15.5 Å². The van der Waals surface area contributed by atoms with Gasteiger partial charge in [0.15, 0.2) is 0 Å². The molecule has 0 spiro atoms. The SMILES string of the molecule is COC(=O)c1ccc(Sc2ccc(C#N)cc2)c(N)c1. The molecular formula is C15H12N2O2S. The molecule has 0 heterocycles. The van der Waals surface area contributed by atoms with E-state index in [1.54, 1.807) is 30.3 Å². The highest BCUT2D eigenvalue weighted by molar-refractivity contribution is 7.99. The van der Waals surface area contributed by atoms with E-state index in [4.69, 9.17) is 11.0 Å². The first kappa shape index (κ1) is 14.0. The molecule has 0 unspecified atom stereocenters. The van der Waals surface area contributed by atoms with Gasteiger partial charge in [-0.1, -0.05) is 11.8 Å². The number of methoxy groups -OCH3 is 1. The Labute approximate surface area is 121 Å². The van der Waals surface area contributed by atoms with Crippen LogP contribution >= 0.6 is 11.8 Å². The lowest BCUT2D eigenvalue weighted by Gasteiger charge is -2.07. The highest BCUT2D eigenvalue weighted by atomic mass is 32.2. The molecule has 0 aliphatic rings. The topological polar surface area (TPSA) is 76.1 Å². The van der Waals surface area contributed by atoms with E-state index in [0.29, 0.717) is 16.8 Å². The highest BCUT2D eigenvalue weighted by Crippen LogP contribution is 2.32. The predicted molar refractivity (Wildman–Crippen MR) is 77.5 cm³/mol. The largest absolute Gasteiger partial charge is 0.465 e. The third-order valence-corrected chi connectivity index (χ3v) is 3.74. The van der Waals surface area contributed by atoms with E-state index < -0.39 is 5.97 Å². The smallest absolute Gasteiger partial charge is 0.337 e. The fraction of sp³-hybridized carbons (Fsp3) is 0.0667. The number of carbonyl (C=O) groups excluding carboxylic acids is 1. The second-order valence-electron chi connectivity index (χ2n) is 3.98. The van der Waals surface area contributed by atoms with Gasteiger partial charge in [-0.05, 0) is 42.5 Å². The van der Waals surface area contributed by atoms with Crippen LogP contribution in [0.25, 0.3) is 0 Å². The zero-order chi connectivity index (χ0) is 14.5. The zero-order valence-electron chi connectivity index (χ0n) is 10.8. The van der Waals surface area contributed by atoms with Crippen molar-refractivity contribution >= 4 is 23.4 Å². The summed E-state index contributed by atoms with van der Waals surface area (Å²) in [6.07, 6.45) is 0. The highest BCUT2D eigenvalue weighted by Gasteiger charge is 2.09. The van der Waals surface area contributed by atoms with Crippen molar-refractivity contribution in [2.24, 2.45) is 0 Å². The lowest BCUT2D eigenvalue weighted by atomic mass is 10.2. The predicted octanol–water partition coefficient (Wildman–Crippen LogP) is 3.08. The molecule has 0 bridgehead atoms. The van der Waals surface area contributed by atoms with Crippen LogP contribution in [0.2, 0.25) is 0 Å². The van der Waals surface area contributed by atoms with Crippen LogP contribution in [-0.2, 0) is 4.74 Å². The summed E-state index contributed by atoms with van der Waals surface area (Å²) in [5.41, 5.74) is 7.49. The zero-order valence-corrected chi connectivity index (χ0v) is 11.6. The first-order valence-corrected chi connectivity index (χ1v) is 6.61. The third kappa shape index (κ3) is 3.11. The number of benzene rings is 2. The molecule has 0 amide bonds. The number of nitriles is 1. The maximum atomic E-state index is 11.4. The molecule has 2 aromatic rings. The average molecular weight is 284 g/mol. The van der Waals surface area contributed by atoms with Crippen molar-refractivity contribution in [3.05, 3.63) is 53.6 Å². The summed E-state index contributed by atoms with van der Waals surface area (Å²) in [5.74, 6) is -0.411. The van der Waals surface area contributed by atoms with E-state index >= 15 is 0 Å². The molecule has 2 N–H and O–H groups in total. The van der Waals surface area contributed by atoms with Gasteiger partial charge in [-0.2, -0.15) is 5.26 Å².